The Morgan fingerprint density at radius 3 is 2.64 bits per heavy atom. The Morgan fingerprint density at radius 2 is 1.86 bits per heavy atom. The average molecular weight is 585 g/mol. The van der Waals surface area contributed by atoms with Gasteiger partial charge in [-0.2, -0.15) is 0 Å². The van der Waals surface area contributed by atoms with Crippen molar-refractivity contribution in [1.29, 1.82) is 0 Å². The fourth-order valence-corrected chi connectivity index (χ4v) is 6.70. The smallest absolute Gasteiger partial charge is 0.227 e. The van der Waals surface area contributed by atoms with Crippen LogP contribution >= 0.6 is 0 Å². The maximum absolute atomic E-state index is 13.8. The number of fused-ring (bicyclic) bond motifs is 1. The molecule has 222 valence electrons. The molecule has 5 rings (SSSR count). The van der Waals surface area contributed by atoms with Crippen LogP contribution in [0.1, 0.15) is 49.9 Å². The van der Waals surface area contributed by atoms with Crippen LogP contribution in [0.4, 0.5) is 0 Å². The van der Waals surface area contributed by atoms with E-state index in [1.807, 2.05) is 66.5 Å². The number of nitrogens with zero attached hydrogens (tertiary/aromatic N) is 2. The third-order valence-corrected chi connectivity index (χ3v) is 11.8. The van der Waals surface area contributed by atoms with Gasteiger partial charge < -0.3 is 18.5 Å². The van der Waals surface area contributed by atoms with E-state index in [1.54, 1.807) is 6.26 Å². The van der Waals surface area contributed by atoms with Crippen molar-refractivity contribution in [3.63, 3.8) is 0 Å². The highest BCUT2D eigenvalue weighted by Crippen LogP contribution is 2.31. The molecule has 1 saturated heterocycles. The molecule has 42 heavy (non-hydrogen) atoms. The first-order chi connectivity index (χ1) is 20.2. The van der Waals surface area contributed by atoms with Crippen molar-refractivity contribution in [3.8, 4) is 5.75 Å². The van der Waals surface area contributed by atoms with Crippen molar-refractivity contribution in [1.82, 2.24) is 9.80 Å². The van der Waals surface area contributed by atoms with Gasteiger partial charge in [0, 0.05) is 32.1 Å². The molecule has 1 fully saturated rings. The topological polar surface area (TPSA) is 55.2 Å². The molecule has 6 nitrogen and oxygen atoms in total. The Kier molecular flexibility index (Phi) is 9.51. The lowest BCUT2D eigenvalue weighted by Gasteiger charge is -2.33. The van der Waals surface area contributed by atoms with Crippen molar-refractivity contribution < 1.29 is 18.4 Å². The van der Waals surface area contributed by atoms with Crippen LogP contribution in [0.5, 0.6) is 5.75 Å². The summed E-state index contributed by atoms with van der Waals surface area (Å²) in [5.41, 5.74) is 3.97. The Bertz CT molecular complexity index is 1460. The van der Waals surface area contributed by atoms with Crippen LogP contribution < -0.4 is 4.74 Å². The molecule has 0 aliphatic carbocycles. The van der Waals surface area contributed by atoms with E-state index in [2.05, 4.69) is 56.5 Å². The molecule has 1 amide bonds. The van der Waals surface area contributed by atoms with E-state index >= 15 is 0 Å². The molecule has 1 aliphatic rings. The van der Waals surface area contributed by atoms with Crippen LogP contribution in [0.3, 0.4) is 0 Å². The van der Waals surface area contributed by atoms with Crippen LogP contribution in [-0.2, 0) is 22.2 Å². The molecule has 0 saturated carbocycles. The van der Waals surface area contributed by atoms with Gasteiger partial charge in [0.1, 0.15) is 17.9 Å². The van der Waals surface area contributed by atoms with E-state index in [-0.39, 0.29) is 23.1 Å². The van der Waals surface area contributed by atoms with Crippen molar-refractivity contribution in [2.75, 3.05) is 26.7 Å². The van der Waals surface area contributed by atoms with E-state index in [1.165, 1.54) is 0 Å². The van der Waals surface area contributed by atoms with Gasteiger partial charge >= 0.3 is 0 Å². The maximum atomic E-state index is 13.8. The summed E-state index contributed by atoms with van der Waals surface area (Å²) >= 11 is 0. The summed E-state index contributed by atoms with van der Waals surface area (Å²) in [6.45, 7) is 12.3. The van der Waals surface area contributed by atoms with Crippen molar-refractivity contribution >= 4 is 25.9 Å². The number of carbonyl (C=O) groups excluding carboxylic acids is 1. The number of hydrogen-bond acceptors (Lipinski definition) is 5. The highest BCUT2D eigenvalue weighted by atomic mass is 28.3. The van der Waals surface area contributed by atoms with E-state index in [9.17, 15) is 4.79 Å². The molecule has 3 aromatic carbocycles. The molecule has 7 heteroatoms. The highest BCUT2D eigenvalue weighted by molar-refractivity contribution is 6.53. The predicted molar refractivity (Wildman–Crippen MR) is 171 cm³/mol. The second-order valence-electron chi connectivity index (χ2n) is 12.6. The van der Waals surface area contributed by atoms with Crippen molar-refractivity contribution in [3.05, 3.63) is 102 Å². The second-order valence-corrected chi connectivity index (χ2v) is 15.9. The Morgan fingerprint density at radius 1 is 1.07 bits per heavy atom. The Labute approximate surface area is 251 Å². The first-order valence-electron chi connectivity index (χ1n) is 15.0. The standard InChI is InChI=1S/C35H44N2O4Si/c1-35(2,3)42(5)41-30-17-19-37(23-30)24-32(28-14-9-15-29(21-28)40-25-26-11-7-6-8-12-26)36(4)34(38)22-27-13-10-16-33-31(27)18-20-39-33/h6-16,18,20-21,30,32,42H,17,19,22-25H2,1-5H3/t30-,32+,42?/m0/s1. The molecule has 0 spiro atoms. The number of furan rings is 1. The number of carbonyl (C=O) groups is 1. The minimum atomic E-state index is -1.31. The summed E-state index contributed by atoms with van der Waals surface area (Å²) in [5.74, 6) is 0.878. The lowest BCUT2D eigenvalue weighted by atomic mass is 10.0. The quantitative estimate of drug-likeness (QED) is 0.178. The molecule has 2 heterocycles. The third kappa shape index (κ3) is 7.51. The van der Waals surface area contributed by atoms with Gasteiger partial charge in [0.05, 0.1) is 24.8 Å². The van der Waals surface area contributed by atoms with Gasteiger partial charge in [-0.15, -0.1) is 0 Å². The summed E-state index contributed by atoms with van der Waals surface area (Å²) in [5, 5.41) is 1.23. The fraction of sp³-hybridized carbons (Fsp3) is 0.400. The summed E-state index contributed by atoms with van der Waals surface area (Å²) in [6.07, 6.45) is 3.28. The van der Waals surface area contributed by atoms with E-state index in [0.717, 1.165) is 59.5 Å². The summed E-state index contributed by atoms with van der Waals surface area (Å²) in [7, 11) is 0.615. The fourth-order valence-electron chi connectivity index (χ4n) is 5.49. The minimum Gasteiger partial charge on any atom is -0.489 e. The molecule has 4 aromatic rings. The molecular weight excluding hydrogens is 540 g/mol. The summed E-state index contributed by atoms with van der Waals surface area (Å²) < 4.78 is 18.4. The van der Waals surface area contributed by atoms with E-state index < -0.39 is 9.04 Å². The van der Waals surface area contributed by atoms with Crippen molar-refractivity contribution in [2.45, 2.75) is 64.0 Å². The second kappa shape index (κ2) is 13.3. The number of benzene rings is 3. The van der Waals surface area contributed by atoms with Crippen LogP contribution in [0.2, 0.25) is 11.6 Å². The zero-order chi connectivity index (χ0) is 29.7. The molecule has 1 aliphatic heterocycles. The monoisotopic (exact) mass is 584 g/mol. The zero-order valence-corrected chi connectivity index (χ0v) is 26.7. The van der Waals surface area contributed by atoms with E-state index in [0.29, 0.717) is 13.0 Å². The zero-order valence-electron chi connectivity index (χ0n) is 25.6. The molecule has 1 unspecified atom stereocenters. The number of likely N-dealkylation sites (tertiary alicyclic amines) is 1. The van der Waals surface area contributed by atoms with Gasteiger partial charge in [-0.3, -0.25) is 9.69 Å². The van der Waals surface area contributed by atoms with Crippen LogP contribution in [0, 0.1) is 0 Å². The summed E-state index contributed by atoms with van der Waals surface area (Å²) in [6, 6.07) is 26.1. The lowest BCUT2D eigenvalue weighted by Crippen LogP contribution is -2.40. The SMILES string of the molecule is CN(C(=O)Cc1cccc2occc12)[C@H](CN1CC[C@H](O[SiH](C)C(C)(C)C)C1)c1cccc(OCc2ccccc2)c1. The van der Waals surface area contributed by atoms with Gasteiger partial charge in [0.2, 0.25) is 5.91 Å². The van der Waals surface area contributed by atoms with Crippen LogP contribution in [0.15, 0.2) is 89.5 Å². The molecule has 0 radical (unpaired) electrons. The number of rotatable bonds is 11. The van der Waals surface area contributed by atoms with Gasteiger partial charge in [-0.05, 0) is 59.0 Å². The molecule has 0 bridgehead atoms. The maximum Gasteiger partial charge on any atom is 0.227 e. The molecule has 1 aromatic heterocycles. The van der Waals surface area contributed by atoms with Gasteiger partial charge in [-0.1, -0.05) is 75.4 Å². The summed E-state index contributed by atoms with van der Waals surface area (Å²) in [4.78, 5) is 18.2. The number of amides is 1. The van der Waals surface area contributed by atoms with Crippen molar-refractivity contribution in [2.24, 2.45) is 0 Å². The first-order valence-corrected chi connectivity index (χ1v) is 17.2. The Hall–Kier alpha value is -3.39. The number of ether oxygens (including phenoxy) is 1. The molecular formula is C35H44N2O4Si. The van der Waals surface area contributed by atoms with Gasteiger partial charge in [0.25, 0.3) is 0 Å². The van der Waals surface area contributed by atoms with Crippen LogP contribution in [-0.4, -0.2) is 57.5 Å². The highest BCUT2D eigenvalue weighted by Gasteiger charge is 2.33. The molecule has 0 N–H and O–H groups in total. The average Bonchev–Trinajstić information content (AvgIpc) is 3.65. The van der Waals surface area contributed by atoms with Gasteiger partial charge in [0.15, 0.2) is 9.04 Å². The van der Waals surface area contributed by atoms with Gasteiger partial charge in [-0.25, -0.2) is 0 Å². The predicted octanol–water partition coefficient (Wildman–Crippen LogP) is 7.00. The largest absolute Gasteiger partial charge is 0.489 e. The third-order valence-electron chi connectivity index (χ3n) is 8.56. The number of likely N-dealkylation sites (N-methyl/N-ethyl adjacent to an activating group) is 1. The molecule has 3 atom stereocenters. The number of hydrogen-bond donors (Lipinski definition) is 0. The normalized spacial score (nSPS) is 17.3. The minimum absolute atomic E-state index is 0.0741. The van der Waals surface area contributed by atoms with Crippen LogP contribution in [0.25, 0.3) is 11.0 Å². The first kappa shape index (κ1) is 30.1. The lowest BCUT2D eigenvalue weighted by molar-refractivity contribution is -0.131. The van der Waals surface area contributed by atoms with E-state index in [4.69, 9.17) is 13.6 Å². The Balaban J connectivity index is 1.34.